The molecule has 0 aliphatic heterocycles. The molecule has 0 aromatic carbocycles. The number of aromatic nitrogens is 2. The second-order valence-electron chi connectivity index (χ2n) is 5.56. The van der Waals surface area contributed by atoms with Gasteiger partial charge in [-0.2, -0.15) is 16.4 Å². The molecule has 1 amide bonds. The molecular weight excluding hydrogens is 298 g/mol. The predicted molar refractivity (Wildman–Crippen MR) is 87.3 cm³/mol. The first kappa shape index (κ1) is 16.4. The van der Waals surface area contributed by atoms with Crippen molar-refractivity contribution in [3.63, 3.8) is 0 Å². The smallest absolute Gasteiger partial charge is 0.241 e. The van der Waals surface area contributed by atoms with Crippen molar-refractivity contribution in [3.05, 3.63) is 39.3 Å². The van der Waals surface area contributed by atoms with Crippen molar-refractivity contribution >= 4 is 23.0 Å². The zero-order valence-corrected chi connectivity index (χ0v) is 14.2. The Morgan fingerprint density at radius 1 is 1.41 bits per heavy atom. The fourth-order valence-corrected chi connectivity index (χ4v) is 3.31. The molecule has 0 aliphatic rings. The quantitative estimate of drug-likeness (QED) is 0.832. The molecule has 6 heteroatoms. The molecule has 0 saturated heterocycles. The highest BCUT2D eigenvalue weighted by Gasteiger charge is 2.17. The van der Waals surface area contributed by atoms with Gasteiger partial charge in [0.15, 0.2) is 5.78 Å². The minimum Gasteiger partial charge on any atom is -0.352 e. The lowest BCUT2D eigenvalue weighted by atomic mass is 10.1. The first-order valence-electron chi connectivity index (χ1n) is 7.24. The summed E-state index contributed by atoms with van der Waals surface area (Å²) < 4.78 is 1.60. The molecule has 22 heavy (non-hydrogen) atoms. The summed E-state index contributed by atoms with van der Waals surface area (Å²) in [6.45, 7) is 7.24. The summed E-state index contributed by atoms with van der Waals surface area (Å²) >= 11 is 1.65. The van der Waals surface area contributed by atoms with Gasteiger partial charge in [0.25, 0.3) is 0 Å². The third kappa shape index (κ3) is 3.82. The average molecular weight is 319 g/mol. The summed E-state index contributed by atoms with van der Waals surface area (Å²) in [6, 6.07) is 2.12. The second kappa shape index (κ2) is 6.87. The summed E-state index contributed by atoms with van der Waals surface area (Å²) in [5.41, 5.74) is 3.25. The number of carbonyl (C=O) groups is 2. The van der Waals surface area contributed by atoms with E-state index in [9.17, 15) is 9.59 Å². The van der Waals surface area contributed by atoms with Crippen LogP contribution in [-0.4, -0.2) is 27.5 Å². The molecule has 5 nitrogen and oxygen atoms in total. The number of ketones is 1. The molecule has 0 radical (unpaired) electrons. The Labute approximate surface area is 134 Å². The van der Waals surface area contributed by atoms with Crippen molar-refractivity contribution in [1.82, 2.24) is 15.1 Å². The molecule has 0 spiro atoms. The lowest BCUT2D eigenvalue weighted by molar-refractivity contribution is -0.122. The van der Waals surface area contributed by atoms with Crippen LogP contribution in [0.2, 0.25) is 0 Å². The molecule has 0 aliphatic carbocycles. The molecular formula is C16H21N3O2S. The van der Waals surface area contributed by atoms with Crippen molar-refractivity contribution in [2.24, 2.45) is 0 Å². The number of hydrogen-bond acceptors (Lipinski definition) is 4. The highest BCUT2D eigenvalue weighted by molar-refractivity contribution is 7.07. The molecule has 2 aromatic heterocycles. The number of amides is 1. The highest BCUT2D eigenvalue weighted by Crippen LogP contribution is 2.13. The minimum absolute atomic E-state index is 0.0208. The fraction of sp³-hybridized carbons (Fsp3) is 0.438. The Kier molecular flexibility index (Phi) is 5.13. The van der Waals surface area contributed by atoms with E-state index in [1.165, 1.54) is 12.5 Å². The van der Waals surface area contributed by atoms with Crippen LogP contribution in [0, 0.1) is 13.8 Å². The van der Waals surface area contributed by atoms with Gasteiger partial charge in [0.2, 0.25) is 5.91 Å². The Bertz CT molecular complexity index is 674. The lowest BCUT2D eigenvalue weighted by Gasteiger charge is -2.13. The topological polar surface area (TPSA) is 64.0 Å². The Hall–Kier alpha value is -1.95. The summed E-state index contributed by atoms with van der Waals surface area (Å²) in [4.78, 5) is 23.7. The van der Waals surface area contributed by atoms with E-state index in [1.807, 2.05) is 19.2 Å². The number of hydrogen-bond donors (Lipinski definition) is 1. The van der Waals surface area contributed by atoms with E-state index in [0.717, 1.165) is 12.1 Å². The summed E-state index contributed by atoms with van der Waals surface area (Å²) in [6.07, 6.45) is 0.811. The predicted octanol–water partition coefficient (Wildman–Crippen LogP) is 2.51. The molecule has 0 saturated carbocycles. The van der Waals surface area contributed by atoms with Gasteiger partial charge in [-0.25, -0.2) is 0 Å². The van der Waals surface area contributed by atoms with Crippen molar-refractivity contribution in [2.45, 2.75) is 46.7 Å². The van der Waals surface area contributed by atoms with Crippen LogP contribution >= 0.6 is 11.3 Å². The number of aryl methyl sites for hydroxylation is 1. The molecule has 0 bridgehead atoms. The van der Waals surface area contributed by atoms with Gasteiger partial charge in [-0.05, 0) is 56.5 Å². The van der Waals surface area contributed by atoms with Crippen molar-refractivity contribution in [3.8, 4) is 0 Å². The van der Waals surface area contributed by atoms with Gasteiger partial charge in [0, 0.05) is 11.7 Å². The zero-order valence-electron chi connectivity index (χ0n) is 13.3. The van der Waals surface area contributed by atoms with E-state index in [-0.39, 0.29) is 24.3 Å². The number of rotatable bonds is 6. The molecule has 1 unspecified atom stereocenters. The number of Topliss-reactive ketones (excluding diaryl/α,β-unsaturated/α-hetero) is 1. The van der Waals surface area contributed by atoms with E-state index in [0.29, 0.717) is 11.3 Å². The van der Waals surface area contributed by atoms with Gasteiger partial charge >= 0.3 is 0 Å². The summed E-state index contributed by atoms with van der Waals surface area (Å²) in [5.74, 6) is -0.115. The third-order valence-corrected chi connectivity index (χ3v) is 4.29. The standard InChI is InChI=1S/C16H21N3O2S/c1-10(7-14-5-6-22-9-14)17-15(21)8-19-12(3)16(13(4)20)11(2)18-19/h5-6,9-10H,7-8H2,1-4H3,(H,17,21). The van der Waals surface area contributed by atoms with Crippen LogP contribution in [0.5, 0.6) is 0 Å². The van der Waals surface area contributed by atoms with Crippen molar-refractivity contribution < 1.29 is 9.59 Å². The van der Waals surface area contributed by atoms with E-state index in [4.69, 9.17) is 0 Å². The Morgan fingerprint density at radius 3 is 2.68 bits per heavy atom. The minimum atomic E-state index is -0.0940. The van der Waals surface area contributed by atoms with Crippen LogP contribution in [-0.2, 0) is 17.8 Å². The van der Waals surface area contributed by atoms with Gasteiger partial charge in [-0.1, -0.05) is 0 Å². The molecule has 2 heterocycles. The van der Waals surface area contributed by atoms with Gasteiger partial charge in [0.05, 0.1) is 11.3 Å². The van der Waals surface area contributed by atoms with E-state index in [2.05, 4.69) is 21.9 Å². The first-order chi connectivity index (χ1) is 10.4. The number of carbonyl (C=O) groups excluding carboxylic acids is 2. The van der Waals surface area contributed by atoms with Crippen LogP contribution < -0.4 is 5.32 Å². The van der Waals surface area contributed by atoms with E-state index < -0.39 is 0 Å². The maximum Gasteiger partial charge on any atom is 0.241 e. The SMILES string of the molecule is CC(=O)c1c(C)nn(CC(=O)NC(C)Cc2ccsc2)c1C. The molecule has 2 aromatic rings. The summed E-state index contributed by atoms with van der Waals surface area (Å²) in [7, 11) is 0. The summed E-state index contributed by atoms with van der Waals surface area (Å²) in [5, 5.41) is 11.4. The van der Waals surface area contributed by atoms with Crippen molar-refractivity contribution in [1.29, 1.82) is 0 Å². The largest absolute Gasteiger partial charge is 0.352 e. The van der Waals surface area contributed by atoms with Gasteiger partial charge in [-0.3, -0.25) is 14.3 Å². The second-order valence-corrected chi connectivity index (χ2v) is 6.34. The van der Waals surface area contributed by atoms with Gasteiger partial charge in [0.1, 0.15) is 6.54 Å². The fourth-order valence-electron chi connectivity index (χ4n) is 2.63. The molecule has 2 rings (SSSR count). The Balaban J connectivity index is 1.97. The van der Waals surface area contributed by atoms with E-state index in [1.54, 1.807) is 22.9 Å². The van der Waals surface area contributed by atoms with Crippen molar-refractivity contribution in [2.75, 3.05) is 0 Å². The highest BCUT2D eigenvalue weighted by atomic mass is 32.1. The molecule has 1 N–H and O–H groups in total. The van der Waals surface area contributed by atoms with Crippen LogP contribution in [0.1, 0.15) is 41.2 Å². The maximum atomic E-state index is 12.1. The maximum absolute atomic E-state index is 12.1. The van der Waals surface area contributed by atoms with E-state index >= 15 is 0 Å². The van der Waals surface area contributed by atoms with Crippen LogP contribution in [0.4, 0.5) is 0 Å². The Morgan fingerprint density at radius 2 is 2.14 bits per heavy atom. The molecule has 1 atom stereocenters. The number of nitrogens with zero attached hydrogens (tertiary/aromatic N) is 2. The molecule has 118 valence electrons. The van der Waals surface area contributed by atoms with Crippen LogP contribution in [0.25, 0.3) is 0 Å². The van der Waals surface area contributed by atoms with Gasteiger partial charge < -0.3 is 5.32 Å². The average Bonchev–Trinajstić information content (AvgIpc) is 2.98. The first-order valence-corrected chi connectivity index (χ1v) is 8.18. The monoisotopic (exact) mass is 319 g/mol. The number of nitrogens with one attached hydrogen (secondary N) is 1. The number of thiophene rings is 1. The van der Waals surface area contributed by atoms with Gasteiger partial charge in [-0.15, -0.1) is 0 Å². The normalized spacial score (nSPS) is 12.2. The zero-order chi connectivity index (χ0) is 16.3. The van der Waals surface area contributed by atoms with Crippen LogP contribution in [0.3, 0.4) is 0 Å². The van der Waals surface area contributed by atoms with Crippen LogP contribution in [0.15, 0.2) is 16.8 Å². The lowest BCUT2D eigenvalue weighted by Crippen LogP contribution is -2.36. The third-order valence-electron chi connectivity index (χ3n) is 3.56. The molecule has 0 fully saturated rings.